The van der Waals surface area contributed by atoms with Crippen LogP contribution in [-0.2, 0) is 11.2 Å². The molecule has 0 spiro atoms. The first-order chi connectivity index (χ1) is 13.4. The second-order valence-electron chi connectivity index (χ2n) is 6.85. The van der Waals surface area contributed by atoms with Gasteiger partial charge in [0.25, 0.3) is 5.56 Å². The van der Waals surface area contributed by atoms with Gasteiger partial charge in [-0.3, -0.25) is 14.6 Å². The van der Waals surface area contributed by atoms with E-state index < -0.39 is 6.04 Å². The normalized spacial score (nSPS) is 12.0. The van der Waals surface area contributed by atoms with Crippen LogP contribution in [-0.4, -0.2) is 20.9 Å². The molecule has 0 aliphatic heterocycles. The Labute approximate surface area is 161 Å². The van der Waals surface area contributed by atoms with Gasteiger partial charge in [0.05, 0.1) is 18.2 Å². The van der Waals surface area contributed by atoms with Crippen molar-refractivity contribution in [2.24, 2.45) is 5.92 Å². The summed E-state index contributed by atoms with van der Waals surface area (Å²) in [5.41, 5.74) is 1.56. The van der Waals surface area contributed by atoms with E-state index in [2.05, 4.69) is 20.3 Å². The molecule has 6 nitrogen and oxygen atoms in total. The highest BCUT2D eigenvalue weighted by Crippen LogP contribution is 2.21. The van der Waals surface area contributed by atoms with E-state index in [1.54, 1.807) is 36.7 Å². The van der Waals surface area contributed by atoms with E-state index in [0.717, 1.165) is 0 Å². The molecule has 2 aromatic heterocycles. The monoisotopic (exact) mass is 380 g/mol. The van der Waals surface area contributed by atoms with Crippen molar-refractivity contribution >= 4 is 5.91 Å². The third-order valence-corrected chi connectivity index (χ3v) is 4.28. The van der Waals surface area contributed by atoms with Crippen molar-refractivity contribution in [2.45, 2.75) is 26.3 Å². The number of hydrogen-bond acceptors (Lipinski definition) is 4. The number of H-pyrrole nitrogens is 1. The third kappa shape index (κ3) is 4.88. The molecule has 0 bridgehead atoms. The van der Waals surface area contributed by atoms with Crippen LogP contribution in [0, 0.1) is 11.7 Å². The standard InChI is InChI=1S/C21H21FN4O2/c1-13(2)20(25-18(27)10-14-5-7-16(22)8-6-14)17-11-19(28)26-21(24-17)15-4-3-9-23-12-15/h3-9,11-13,20H,10H2,1-2H3,(H,25,27)(H,24,26,28)/t20-/m1/s1. The first-order valence-electron chi connectivity index (χ1n) is 8.98. The van der Waals surface area contributed by atoms with E-state index in [-0.39, 0.29) is 29.6 Å². The van der Waals surface area contributed by atoms with Gasteiger partial charge in [0.1, 0.15) is 11.6 Å². The summed E-state index contributed by atoms with van der Waals surface area (Å²) >= 11 is 0. The molecule has 0 unspecified atom stereocenters. The van der Waals surface area contributed by atoms with Crippen molar-refractivity contribution in [3.63, 3.8) is 0 Å². The van der Waals surface area contributed by atoms with E-state index >= 15 is 0 Å². The zero-order valence-electron chi connectivity index (χ0n) is 15.6. The fraction of sp³-hybridized carbons (Fsp3) is 0.238. The van der Waals surface area contributed by atoms with E-state index in [9.17, 15) is 14.0 Å². The van der Waals surface area contributed by atoms with Crippen LogP contribution in [0.1, 0.15) is 31.1 Å². The summed E-state index contributed by atoms with van der Waals surface area (Å²) in [6.07, 6.45) is 3.36. The quantitative estimate of drug-likeness (QED) is 0.688. The van der Waals surface area contributed by atoms with Crippen molar-refractivity contribution in [3.8, 4) is 11.4 Å². The molecule has 0 aliphatic carbocycles. The van der Waals surface area contributed by atoms with Crippen LogP contribution in [0.4, 0.5) is 4.39 Å². The number of amides is 1. The van der Waals surface area contributed by atoms with Gasteiger partial charge in [-0.2, -0.15) is 0 Å². The van der Waals surface area contributed by atoms with Crippen LogP contribution in [0.2, 0.25) is 0 Å². The van der Waals surface area contributed by atoms with Crippen molar-refractivity contribution in [3.05, 3.63) is 82.3 Å². The first-order valence-corrected chi connectivity index (χ1v) is 8.98. The minimum atomic E-state index is -0.439. The number of nitrogens with zero attached hydrogens (tertiary/aromatic N) is 2. The molecule has 28 heavy (non-hydrogen) atoms. The first kappa shape index (κ1) is 19.4. The molecule has 2 heterocycles. The Morgan fingerprint density at radius 3 is 2.61 bits per heavy atom. The van der Waals surface area contributed by atoms with Gasteiger partial charge in [-0.25, -0.2) is 9.37 Å². The predicted molar refractivity (Wildman–Crippen MR) is 104 cm³/mol. The summed E-state index contributed by atoms with van der Waals surface area (Å²) < 4.78 is 13.0. The average Bonchev–Trinajstić information content (AvgIpc) is 2.68. The summed E-state index contributed by atoms with van der Waals surface area (Å²) in [6.45, 7) is 3.88. The Bertz CT molecular complexity index is 1000. The average molecular weight is 380 g/mol. The van der Waals surface area contributed by atoms with Crippen LogP contribution in [0.15, 0.2) is 59.7 Å². The lowest BCUT2D eigenvalue weighted by atomic mass is 9.99. The second kappa shape index (κ2) is 8.56. The zero-order chi connectivity index (χ0) is 20.1. The maximum atomic E-state index is 13.0. The smallest absolute Gasteiger partial charge is 0.251 e. The van der Waals surface area contributed by atoms with Crippen molar-refractivity contribution < 1.29 is 9.18 Å². The molecular formula is C21H21FN4O2. The van der Waals surface area contributed by atoms with Crippen LogP contribution in [0.25, 0.3) is 11.4 Å². The number of carbonyl (C=O) groups excluding carboxylic acids is 1. The lowest BCUT2D eigenvalue weighted by molar-refractivity contribution is -0.121. The zero-order valence-corrected chi connectivity index (χ0v) is 15.6. The van der Waals surface area contributed by atoms with Gasteiger partial charge in [0.2, 0.25) is 5.91 Å². The molecule has 0 fully saturated rings. The molecule has 1 atom stereocenters. The van der Waals surface area contributed by atoms with E-state index in [1.807, 2.05) is 13.8 Å². The summed E-state index contributed by atoms with van der Waals surface area (Å²) in [7, 11) is 0. The van der Waals surface area contributed by atoms with Crippen LogP contribution in [0.5, 0.6) is 0 Å². The Hall–Kier alpha value is -3.35. The Kier molecular flexibility index (Phi) is 5.93. The summed E-state index contributed by atoms with van der Waals surface area (Å²) in [6, 6.07) is 10.3. The number of pyridine rings is 1. The summed E-state index contributed by atoms with van der Waals surface area (Å²) in [5, 5.41) is 2.94. The largest absolute Gasteiger partial charge is 0.347 e. The highest BCUT2D eigenvalue weighted by Gasteiger charge is 2.21. The molecular weight excluding hydrogens is 359 g/mol. The number of halogens is 1. The maximum absolute atomic E-state index is 13.0. The highest BCUT2D eigenvalue weighted by atomic mass is 19.1. The molecule has 3 aromatic rings. The summed E-state index contributed by atoms with van der Waals surface area (Å²) in [5.74, 6) is -0.169. The number of benzene rings is 1. The van der Waals surface area contributed by atoms with Crippen LogP contribution < -0.4 is 10.9 Å². The van der Waals surface area contributed by atoms with Gasteiger partial charge in [-0.15, -0.1) is 0 Å². The number of aromatic nitrogens is 3. The topological polar surface area (TPSA) is 87.7 Å². The molecule has 144 valence electrons. The van der Waals surface area contributed by atoms with Crippen LogP contribution >= 0.6 is 0 Å². The number of hydrogen-bond donors (Lipinski definition) is 2. The number of nitrogens with one attached hydrogen (secondary N) is 2. The fourth-order valence-corrected chi connectivity index (χ4v) is 2.87. The second-order valence-corrected chi connectivity index (χ2v) is 6.85. The number of aromatic amines is 1. The van der Waals surface area contributed by atoms with Gasteiger partial charge >= 0.3 is 0 Å². The Morgan fingerprint density at radius 2 is 1.96 bits per heavy atom. The SMILES string of the molecule is CC(C)[C@@H](NC(=O)Cc1ccc(F)cc1)c1cc(=O)[nH]c(-c2cccnc2)n1. The van der Waals surface area contributed by atoms with Crippen molar-refractivity contribution in [1.29, 1.82) is 0 Å². The molecule has 2 N–H and O–H groups in total. The minimum Gasteiger partial charge on any atom is -0.347 e. The maximum Gasteiger partial charge on any atom is 0.251 e. The van der Waals surface area contributed by atoms with Gasteiger partial charge < -0.3 is 10.3 Å². The van der Waals surface area contributed by atoms with Gasteiger partial charge in [-0.05, 0) is 35.7 Å². The molecule has 0 saturated carbocycles. The highest BCUT2D eigenvalue weighted by molar-refractivity contribution is 5.79. The van der Waals surface area contributed by atoms with E-state index in [0.29, 0.717) is 22.6 Å². The van der Waals surface area contributed by atoms with Gasteiger partial charge in [0, 0.05) is 24.0 Å². The molecule has 7 heteroatoms. The number of carbonyl (C=O) groups is 1. The van der Waals surface area contributed by atoms with Crippen molar-refractivity contribution in [2.75, 3.05) is 0 Å². The molecule has 0 aliphatic rings. The lowest BCUT2D eigenvalue weighted by Gasteiger charge is -2.22. The van der Waals surface area contributed by atoms with E-state index in [1.165, 1.54) is 18.2 Å². The Morgan fingerprint density at radius 1 is 1.21 bits per heavy atom. The van der Waals surface area contributed by atoms with Crippen molar-refractivity contribution in [1.82, 2.24) is 20.3 Å². The minimum absolute atomic E-state index is 0.00761. The lowest BCUT2D eigenvalue weighted by Crippen LogP contribution is -2.34. The Balaban J connectivity index is 1.84. The molecule has 0 radical (unpaired) electrons. The van der Waals surface area contributed by atoms with Crippen LogP contribution in [0.3, 0.4) is 0 Å². The molecule has 1 aromatic carbocycles. The van der Waals surface area contributed by atoms with E-state index in [4.69, 9.17) is 0 Å². The van der Waals surface area contributed by atoms with Gasteiger partial charge in [-0.1, -0.05) is 26.0 Å². The summed E-state index contributed by atoms with van der Waals surface area (Å²) in [4.78, 5) is 35.9. The third-order valence-electron chi connectivity index (χ3n) is 4.28. The van der Waals surface area contributed by atoms with Gasteiger partial charge in [0.15, 0.2) is 0 Å². The predicted octanol–water partition coefficient (Wildman–Crippen LogP) is 3.03. The fourth-order valence-electron chi connectivity index (χ4n) is 2.87. The molecule has 1 amide bonds. The number of rotatable bonds is 6. The molecule has 0 saturated heterocycles. The molecule has 3 rings (SSSR count).